The minimum Gasteiger partial charge on any atom is -0.480 e. The molecule has 0 saturated carbocycles. The Morgan fingerprint density at radius 1 is 0.511 bits per heavy atom. The number of carboxylic acids is 4. The third kappa shape index (κ3) is 37.8. The molecule has 0 fully saturated rings. The standard InChI is InChI=1S/C10H16N2O8.2C8H18O2.C3H8O3.H2O/c13-7(14)3-11(4-8(15)16)1-2-12(5-9(17)18)6-10(19)20;2*1-3-5-8(10)7(4-2)6-9;4-1-3(6)2-5;/h1-6H2,(H,13,14)(H,15,16)(H,17,18)(H,19,20);2*7-10H,3-6H2,1-2H3;3-6H,1-2H2;1H2. The Bertz CT molecular complexity index is 662. The van der Waals surface area contributed by atoms with Gasteiger partial charge in [0.05, 0.1) is 51.6 Å². The molecule has 0 bridgehead atoms. The molecule has 0 aromatic carbocycles. The maximum absolute atomic E-state index is 10.6. The molecule has 0 saturated heterocycles. The van der Waals surface area contributed by atoms with E-state index in [0.717, 1.165) is 48.3 Å². The van der Waals surface area contributed by atoms with Crippen LogP contribution in [0.1, 0.15) is 66.2 Å². The maximum Gasteiger partial charge on any atom is 0.317 e. The van der Waals surface area contributed by atoms with Crippen LogP contribution in [0.3, 0.4) is 0 Å². The molecule has 284 valence electrons. The topological polar surface area (TPSA) is 329 Å². The lowest BCUT2D eigenvalue weighted by Gasteiger charge is -2.23. The molecule has 0 amide bonds. The number of carbonyl (C=O) groups is 4. The van der Waals surface area contributed by atoms with E-state index >= 15 is 0 Å². The Morgan fingerprint density at radius 3 is 0.894 bits per heavy atom. The minimum absolute atomic E-state index is 0. The minimum atomic E-state index is -1.23. The van der Waals surface area contributed by atoms with Crippen molar-refractivity contribution in [3.63, 3.8) is 0 Å². The van der Waals surface area contributed by atoms with Gasteiger partial charge in [-0.2, -0.15) is 0 Å². The normalized spacial score (nSPS) is 13.0. The molecular weight excluding hydrogens is 632 g/mol. The van der Waals surface area contributed by atoms with Gasteiger partial charge in [-0.1, -0.05) is 40.5 Å². The van der Waals surface area contributed by atoms with E-state index < -0.39 is 56.2 Å². The quantitative estimate of drug-likeness (QED) is 0.0539. The zero-order valence-corrected chi connectivity index (χ0v) is 28.1. The summed E-state index contributed by atoms with van der Waals surface area (Å²) in [6.45, 7) is 5.28. The van der Waals surface area contributed by atoms with E-state index in [4.69, 9.17) is 46.0 Å². The van der Waals surface area contributed by atoms with Crippen molar-refractivity contribution in [3.05, 3.63) is 0 Å². The van der Waals surface area contributed by atoms with Gasteiger partial charge in [-0.05, 0) is 25.7 Å². The van der Waals surface area contributed by atoms with Crippen LogP contribution in [-0.4, -0.2) is 179 Å². The van der Waals surface area contributed by atoms with Gasteiger partial charge in [0.1, 0.15) is 6.10 Å². The van der Waals surface area contributed by atoms with Gasteiger partial charge in [0, 0.05) is 38.1 Å². The van der Waals surface area contributed by atoms with Crippen molar-refractivity contribution in [2.45, 2.75) is 84.5 Å². The van der Waals surface area contributed by atoms with E-state index in [0.29, 0.717) is 0 Å². The number of aliphatic carboxylic acids is 4. The molecule has 0 aliphatic carbocycles. The summed E-state index contributed by atoms with van der Waals surface area (Å²) >= 11 is 0. The second-order valence-corrected chi connectivity index (χ2v) is 10.4. The van der Waals surface area contributed by atoms with Crippen LogP contribution in [0.15, 0.2) is 0 Å². The average Bonchev–Trinajstić information content (AvgIpc) is 2.97. The summed E-state index contributed by atoms with van der Waals surface area (Å²) in [6, 6.07) is 0. The molecule has 18 nitrogen and oxygen atoms in total. The summed E-state index contributed by atoms with van der Waals surface area (Å²) < 4.78 is 0. The number of hydrogen-bond donors (Lipinski definition) is 11. The van der Waals surface area contributed by atoms with E-state index in [1.54, 1.807) is 0 Å². The van der Waals surface area contributed by atoms with Crippen LogP contribution in [0.2, 0.25) is 0 Å². The molecule has 0 aliphatic heterocycles. The van der Waals surface area contributed by atoms with Crippen LogP contribution < -0.4 is 0 Å². The van der Waals surface area contributed by atoms with Gasteiger partial charge in [-0.25, -0.2) is 0 Å². The maximum atomic E-state index is 10.6. The number of carboxylic acid groups (broad SMARTS) is 4. The fourth-order valence-corrected chi connectivity index (χ4v) is 3.64. The molecule has 0 aromatic rings. The molecule has 13 N–H and O–H groups in total. The summed E-state index contributed by atoms with van der Waals surface area (Å²) in [7, 11) is 0. The number of nitrogens with zero attached hydrogens (tertiary/aromatic N) is 2. The molecule has 4 unspecified atom stereocenters. The van der Waals surface area contributed by atoms with Crippen molar-refractivity contribution in [2.75, 3.05) is 65.7 Å². The van der Waals surface area contributed by atoms with Crippen LogP contribution in [0, 0.1) is 11.8 Å². The second kappa shape index (κ2) is 36.3. The Labute approximate surface area is 276 Å². The van der Waals surface area contributed by atoms with E-state index in [1.165, 1.54) is 0 Å². The summed E-state index contributed by atoms with van der Waals surface area (Å²) in [5, 5.41) is 94.7. The van der Waals surface area contributed by atoms with Crippen molar-refractivity contribution in [2.24, 2.45) is 11.8 Å². The molecule has 0 radical (unpaired) electrons. The summed E-state index contributed by atoms with van der Waals surface area (Å²) in [5.41, 5.74) is 0. The van der Waals surface area contributed by atoms with E-state index in [2.05, 4.69) is 0 Å². The predicted molar refractivity (Wildman–Crippen MR) is 171 cm³/mol. The number of aliphatic hydroxyl groups excluding tert-OH is 7. The first kappa shape index (κ1) is 53.9. The second-order valence-electron chi connectivity index (χ2n) is 10.4. The van der Waals surface area contributed by atoms with Crippen molar-refractivity contribution in [3.8, 4) is 0 Å². The lowest BCUT2D eigenvalue weighted by molar-refractivity contribution is -0.145. The van der Waals surface area contributed by atoms with Crippen LogP contribution >= 0.6 is 0 Å². The highest BCUT2D eigenvalue weighted by atomic mass is 16.4. The summed E-state index contributed by atoms with van der Waals surface area (Å²) in [6.07, 6.45) is 3.73. The van der Waals surface area contributed by atoms with Crippen molar-refractivity contribution in [1.29, 1.82) is 0 Å². The Kier molecular flexibility index (Phi) is 41.7. The van der Waals surface area contributed by atoms with Crippen molar-refractivity contribution in [1.82, 2.24) is 9.80 Å². The van der Waals surface area contributed by atoms with Crippen LogP contribution in [-0.2, 0) is 19.2 Å². The molecule has 18 heteroatoms. The Hall–Kier alpha value is -2.52. The first-order valence-corrected chi connectivity index (χ1v) is 15.3. The monoisotopic (exact) mass is 694 g/mol. The largest absolute Gasteiger partial charge is 0.480 e. The first-order chi connectivity index (χ1) is 21.5. The number of rotatable bonds is 23. The van der Waals surface area contributed by atoms with Gasteiger partial charge in [0.2, 0.25) is 0 Å². The third-order valence-corrected chi connectivity index (χ3v) is 6.36. The predicted octanol–water partition coefficient (Wildman–Crippen LogP) is -2.23. The van der Waals surface area contributed by atoms with E-state index in [-0.39, 0.29) is 69.0 Å². The average molecular weight is 695 g/mol. The molecule has 4 atom stereocenters. The van der Waals surface area contributed by atoms with Gasteiger partial charge in [0.15, 0.2) is 0 Å². The fraction of sp³-hybridized carbons (Fsp3) is 0.862. The molecule has 0 aromatic heterocycles. The van der Waals surface area contributed by atoms with Crippen molar-refractivity contribution < 1.29 is 80.8 Å². The molecule has 0 spiro atoms. The lowest BCUT2D eigenvalue weighted by Crippen LogP contribution is -2.43. The van der Waals surface area contributed by atoms with Gasteiger partial charge in [-0.3, -0.25) is 29.0 Å². The molecule has 0 heterocycles. The van der Waals surface area contributed by atoms with Crippen LogP contribution in [0.4, 0.5) is 0 Å². The fourth-order valence-electron chi connectivity index (χ4n) is 3.64. The van der Waals surface area contributed by atoms with Crippen molar-refractivity contribution >= 4 is 23.9 Å². The molecule has 0 rings (SSSR count). The zero-order valence-electron chi connectivity index (χ0n) is 28.1. The van der Waals surface area contributed by atoms with Crippen LogP contribution in [0.5, 0.6) is 0 Å². The summed E-state index contributed by atoms with van der Waals surface area (Å²) in [5.74, 6) is -4.74. The highest BCUT2D eigenvalue weighted by molar-refractivity contribution is 5.73. The van der Waals surface area contributed by atoms with E-state index in [1.807, 2.05) is 27.7 Å². The van der Waals surface area contributed by atoms with E-state index in [9.17, 15) is 29.4 Å². The Balaban J connectivity index is -0.000000184. The molecule has 0 aliphatic rings. The van der Waals surface area contributed by atoms with Gasteiger partial charge >= 0.3 is 23.9 Å². The SMILES string of the molecule is CCCC(O)C(CC)CO.CCCC(O)C(CC)CO.O.O=C(O)CN(CCN(CC(=O)O)CC(=O)O)CC(=O)O.OCC(O)CO. The third-order valence-electron chi connectivity index (χ3n) is 6.36. The highest BCUT2D eigenvalue weighted by Crippen LogP contribution is 2.12. The molecule has 47 heavy (non-hydrogen) atoms. The smallest absolute Gasteiger partial charge is 0.317 e. The first-order valence-electron chi connectivity index (χ1n) is 15.3. The van der Waals surface area contributed by atoms with Gasteiger partial charge in [-0.15, -0.1) is 0 Å². The highest BCUT2D eigenvalue weighted by Gasteiger charge is 2.18. The van der Waals surface area contributed by atoms with Crippen LogP contribution in [0.25, 0.3) is 0 Å². The lowest BCUT2D eigenvalue weighted by atomic mass is 9.97. The molecular formula is C29H62N2O16. The van der Waals surface area contributed by atoms with Gasteiger partial charge < -0.3 is 61.6 Å². The Morgan fingerprint density at radius 2 is 0.766 bits per heavy atom. The van der Waals surface area contributed by atoms with Gasteiger partial charge in [0.25, 0.3) is 0 Å². The summed E-state index contributed by atoms with van der Waals surface area (Å²) in [4.78, 5) is 44.4. The zero-order chi connectivity index (χ0) is 36.7. The number of aliphatic hydroxyl groups is 7. The number of hydrogen-bond acceptors (Lipinski definition) is 13.